The molecule has 0 heterocycles. The molecule has 0 aliphatic carbocycles. The Morgan fingerprint density at radius 3 is 2.33 bits per heavy atom. The van der Waals surface area contributed by atoms with Gasteiger partial charge >= 0.3 is 0 Å². The molecule has 0 radical (unpaired) electrons. The Morgan fingerprint density at radius 1 is 1.20 bits per heavy atom. The zero-order chi connectivity index (χ0) is 11.1. The summed E-state index contributed by atoms with van der Waals surface area (Å²) in [6.45, 7) is 4.97. The van der Waals surface area contributed by atoms with Crippen LogP contribution in [-0.2, 0) is 4.74 Å². The number of benzene rings is 1. The average molecular weight is 207 g/mol. The van der Waals surface area contributed by atoms with E-state index in [1.165, 1.54) is 5.56 Å². The van der Waals surface area contributed by atoms with Crippen LogP contribution in [0.4, 0.5) is 0 Å². The van der Waals surface area contributed by atoms with Gasteiger partial charge < -0.3 is 10.1 Å². The van der Waals surface area contributed by atoms with Crippen molar-refractivity contribution in [2.75, 3.05) is 13.7 Å². The van der Waals surface area contributed by atoms with Crippen LogP contribution in [0.3, 0.4) is 0 Å². The van der Waals surface area contributed by atoms with Crippen LogP contribution in [0, 0.1) is 0 Å². The van der Waals surface area contributed by atoms with Crippen LogP contribution < -0.4 is 5.32 Å². The van der Waals surface area contributed by atoms with Crippen LogP contribution >= 0.6 is 0 Å². The summed E-state index contributed by atoms with van der Waals surface area (Å²) in [7, 11) is 1.99. The van der Waals surface area contributed by atoms with Crippen molar-refractivity contribution in [3.8, 4) is 0 Å². The van der Waals surface area contributed by atoms with E-state index in [2.05, 4.69) is 36.5 Å². The van der Waals surface area contributed by atoms with Crippen molar-refractivity contribution < 1.29 is 4.74 Å². The van der Waals surface area contributed by atoms with Crippen LogP contribution in [0.5, 0.6) is 0 Å². The van der Waals surface area contributed by atoms with E-state index in [1.54, 1.807) is 0 Å². The van der Waals surface area contributed by atoms with Crippen LogP contribution in [-0.4, -0.2) is 19.8 Å². The lowest BCUT2D eigenvalue weighted by atomic mass is 10.00. The van der Waals surface area contributed by atoms with Gasteiger partial charge in [-0.15, -0.1) is 0 Å². The second kappa shape index (κ2) is 6.59. The number of hydrogen-bond acceptors (Lipinski definition) is 2. The number of rotatable bonds is 6. The molecule has 1 aromatic rings. The van der Waals surface area contributed by atoms with E-state index in [0.717, 1.165) is 13.0 Å². The van der Waals surface area contributed by atoms with Crippen molar-refractivity contribution in [3.05, 3.63) is 35.9 Å². The van der Waals surface area contributed by atoms with Crippen molar-refractivity contribution in [1.82, 2.24) is 5.32 Å². The molecular formula is C13H21NO. The molecule has 0 bridgehead atoms. The van der Waals surface area contributed by atoms with Crippen molar-refractivity contribution >= 4 is 0 Å². The molecule has 0 aliphatic heterocycles. The minimum Gasteiger partial charge on any atom is -0.377 e. The molecule has 2 heteroatoms. The maximum Gasteiger partial charge on any atom is 0.0766 e. The number of likely N-dealkylation sites (N-methyl/N-ethyl adjacent to an activating group) is 1. The van der Waals surface area contributed by atoms with E-state index in [4.69, 9.17) is 4.74 Å². The van der Waals surface area contributed by atoms with Gasteiger partial charge in [0.15, 0.2) is 0 Å². The molecule has 2 atom stereocenters. The molecular weight excluding hydrogens is 186 g/mol. The summed E-state index contributed by atoms with van der Waals surface area (Å²) in [5.41, 5.74) is 1.29. The largest absolute Gasteiger partial charge is 0.377 e. The highest BCUT2D eigenvalue weighted by molar-refractivity contribution is 5.20. The quantitative estimate of drug-likeness (QED) is 0.774. The molecule has 0 saturated heterocycles. The Morgan fingerprint density at radius 2 is 1.87 bits per heavy atom. The Kier molecular flexibility index (Phi) is 5.37. The molecule has 1 N–H and O–H groups in total. The average Bonchev–Trinajstić information content (AvgIpc) is 2.30. The fraction of sp³-hybridized carbons (Fsp3) is 0.538. The van der Waals surface area contributed by atoms with E-state index >= 15 is 0 Å². The topological polar surface area (TPSA) is 21.3 Å². The Balaban J connectivity index is 2.77. The van der Waals surface area contributed by atoms with Gasteiger partial charge in [-0.25, -0.2) is 0 Å². The number of nitrogens with one attached hydrogen (secondary N) is 1. The first-order valence-electron chi connectivity index (χ1n) is 5.67. The van der Waals surface area contributed by atoms with Crippen molar-refractivity contribution in [2.24, 2.45) is 0 Å². The van der Waals surface area contributed by atoms with Gasteiger partial charge in [0.25, 0.3) is 0 Å². The standard InChI is InChI=1S/C13H21NO/c1-4-12(15-5-2)13(14-3)11-9-7-6-8-10-11/h6-10,12-14H,4-5H2,1-3H3. The van der Waals surface area contributed by atoms with Gasteiger partial charge in [0.05, 0.1) is 12.1 Å². The summed E-state index contributed by atoms with van der Waals surface area (Å²) in [5, 5.41) is 3.33. The summed E-state index contributed by atoms with van der Waals surface area (Å²) in [5.74, 6) is 0. The molecule has 0 aromatic heterocycles. The van der Waals surface area contributed by atoms with Gasteiger partial charge in [-0.2, -0.15) is 0 Å². The fourth-order valence-corrected chi connectivity index (χ4v) is 1.89. The lowest BCUT2D eigenvalue weighted by Gasteiger charge is -2.26. The normalized spacial score (nSPS) is 14.9. The van der Waals surface area contributed by atoms with E-state index < -0.39 is 0 Å². The third-order valence-corrected chi connectivity index (χ3v) is 2.62. The summed E-state index contributed by atoms with van der Waals surface area (Å²) >= 11 is 0. The highest BCUT2D eigenvalue weighted by Crippen LogP contribution is 2.20. The maximum atomic E-state index is 5.74. The predicted octanol–water partition coefficient (Wildman–Crippen LogP) is 2.76. The molecule has 2 nitrogen and oxygen atoms in total. The first-order chi connectivity index (χ1) is 7.33. The van der Waals surface area contributed by atoms with Gasteiger partial charge in [0.2, 0.25) is 0 Å². The summed E-state index contributed by atoms with van der Waals surface area (Å²) in [4.78, 5) is 0. The third kappa shape index (κ3) is 3.33. The van der Waals surface area contributed by atoms with Crippen LogP contribution in [0.15, 0.2) is 30.3 Å². The van der Waals surface area contributed by atoms with Gasteiger partial charge in [-0.1, -0.05) is 37.3 Å². The van der Waals surface area contributed by atoms with Gasteiger partial charge in [-0.3, -0.25) is 0 Å². The minimum atomic E-state index is 0.252. The summed E-state index contributed by atoms with van der Waals surface area (Å²) in [6.07, 6.45) is 1.27. The molecule has 0 amide bonds. The molecule has 0 saturated carbocycles. The fourth-order valence-electron chi connectivity index (χ4n) is 1.89. The predicted molar refractivity (Wildman–Crippen MR) is 63.9 cm³/mol. The first-order valence-corrected chi connectivity index (χ1v) is 5.67. The summed E-state index contributed by atoms with van der Waals surface area (Å²) in [6, 6.07) is 10.7. The van der Waals surface area contributed by atoms with E-state index in [9.17, 15) is 0 Å². The molecule has 84 valence electrons. The van der Waals surface area contributed by atoms with E-state index in [-0.39, 0.29) is 12.1 Å². The summed E-state index contributed by atoms with van der Waals surface area (Å²) < 4.78 is 5.74. The molecule has 0 aliphatic rings. The maximum absolute atomic E-state index is 5.74. The zero-order valence-electron chi connectivity index (χ0n) is 9.86. The van der Waals surface area contributed by atoms with Gasteiger partial charge in [0.1, 0.15) is 0 Å². The lowest BCUT2D eigenvalue weighted by Crippen LogP contribution is -2.31. The van der Waals surface area contributed by atoms with Crippen molar-refractivity contribution in [3.63, 3.8) is 0 Å². The zero-order valence-corrected chi connectivity index (χ0v) is 9.86. The second-order valence-corrected chi connectivity index (χ2v) is 3.58. The van der Waals surface area contributed by atoms with Gasteiger partial charge in [0, 0.05) is 6.61 Å². The van der Waals surface area contributed by atoms with Crippen LogP contribution in [0.25, 0.3) is 0 Å². The highest BCUT2D eigenvalue weighted by Gasteiger charge is 2.19. The Labute approximate surface area is 92.6 Å². The Hall–Kier alpha value is -0.860. The molecule has 1 aromatic carbocycles. The molecule has 2 unspecified atom stereocenters. The monoisotopic (exact) mass is 207 g/mol. The van der Waals surface area contributed by atoms with E-state index in [0.29, 0.717) is 0 Å². The smallest absolute Gasteiger partial charge is 0.0766 e. The molecule has 15 heavy (non-hydrogen) atoms. The lowest BCUT2D eigenvalue weighted by molar-refractivity contribution is 0.0334. The number of ether oxygens (including phenoxy) is 1. The minimum absolute atomic E-state index is 0.252. The Bertz CT molecular complexity index is 260. The van der Waals surface area contributed by atoms with Gasteiger partial charge in [-0.05, 0) is 26.0 Å². The molecule has 0 spiro atoms. The SMILES string of the molecule is CCOC(CC)C(NC)c1ccccc1. The number of hydrogen-bond donors (Lipinski definition) is 1. The molecule has 0 fully saturated rings. The second-order valence-electron chi connectivity index (χ2n) is 3.58. The van der Waals surface area contributed by atoms with Crippen LogP contribution in [0.1, 0.15) is 31.9 Å². The van der Waals surface area contributed by atoms with E-state index in [1.807, 2.05) is 20.0 Å². The van der Waals surface area contributed by atoms with Crippen molar-refractivity contribution in [2.45, 2.75) is 32.4 Å². The third-order valence-electron chi connectivity index (χ3n) is 2.62. The first kappa shape index (κ1) is 12.2. The highest BCUT2D eigenvalue weighted by atomic mass is 16.5. The van der Waals surface area contributed by atoms with Crippen LogP contribution in [0.2, 0.25) is 0 Å². The molecule has 1 rings (SSSR count). The van der Waals surface area contributed by atoms with Crippen molar-refractivity contribution in [1.29, 1.82) is 0 Å².